The molecule has 0 N–H and O–H groups in total. The molecule has 1 aliphatic heterocycles. The highest BCUT2D eigenvalue weighted by Gasteiger charge is 2.34. The summed E-state index contributed by atoms with van der Waals surface area (Å²) in [5, 5.41) is 0.0376. The van der Waals surface area contributed by atoms with E-state index in [1.807, 2.05) is 36.1 Å². The van der Waals surface area contributed by atoms with Crippen LogP contribution in [0.4, 0.5) is 5.69 Å². The third-order valence-corrected chi connectivity index (χ3v) is 6.02. The van der Waals surface area contributed by atoms with Crippen molar-refractivity contribution in [2.45, 2.75) is 12.3 Å². The first-order chi connectivity index (χ1) is 10.1. The first-order valence-electron chi connectivity index (χ1n) is 6.51. The van der Waals surface area contributed by atoms with Crippen molar-refractivity contribution in [1.29, 1.82) is 0 Å². The summed E-state index contributed by atoms with van der Waals surface area (Å²) < 4.78 is 2.09. The molecule has 2 aromatic rings. The molecule has 1 fully saturated rings. The first kappa shape index (κ1) is 15.1. The van der Waals surface area contributed by atoms with Crippen LogP contribution >= 0.6 is 43.6 Å². The minimum absolute atomic E-state index is 0.0376. The Bertz CT molecular complexity index is 704. The number of rotatable bonds is 2. The molecule has 108 valence electrons. The van der Waals surface area contributed by atoms with Crippen molar-refractivity contribution in [2.24, 2.45) is 0 Å². The quantitative estimate of drug-likeness (QED) is 0.649. The maximum atomic E-state index is 12.3. The zero-order chi connectivity index (χ0) is 15.0. The highest BCUT2D eigenvalue weighted by atomic mass is 79.9. The van der Waals surface area contributed by atoms with Crippen LogP contribution in [-0.4, -0.2) is 11.7 Å². The normalized spacial score (nSPS) is 18.3. The number of hydrogen-bond donors (Lipinski definition) is 0. The molecule has 2 aromatic carbocycles. The second-order valence-corrected chi connectivity index (χ2v) is 7.75. The zero-order valence-electron chi connectivity index (χ0n) is 11.3. The number of anilines is 1. The van der Waals surface area contributed by atoms with Gasteiger partial charge in [0, 0.05) is 14.6 Å². The number of carbonyl (C=O) groups excluding carboxylic acids is 1. The third kappa shape index (κ3) is 3.05. The van der Waals surface area contributed by atoms with Gasteiger partial charge in [-0.1, -0.05) is 44.0 Å². The van der Waals surface area contributed by atoms with E-state index in [9.17, 15) is 4.79 Å². The van der Waals surface area contributed by atoms with E-state index in [0.717, 1.165) is 25.8 Å². The number of aryl methyl sites for hydroxylation is 1. The van der Waals surface area contributed by atoms with Gasteiger partial charge in [0.1, 0.15) is 5.37 Å². The molecule has 0 radical (unpaired) electrons. The number of thioether (sulfide) groups is 1. The molecule has 1 atom stereocenters. The van der Waals surface area contributed by atoms with E-state index in [-0.39, 0.29) is 11.3 Å². The van der Waals surface area contributed by atoms with Gasteiger partial charge >= 0.3 is 0 Å². The molecular weight excluding hydrogens is 414 g/mol. The molecule has 0 aromatic heterocycles. The fourth-order valence-electron chi connectivity index (χ4n) is 2.39. The summed E-state index contributed by atoms with van der Waals surface area (Å²) in [6.07, 6.45) is 0. The van der Waals surface area contributed by atoms with E-state index in [1.165, 1.54) is 0 Å². The molecule has 0 spiro atoms. The van der Waals surface area contributed by atoms with E-state index in [2.05, 4.69) is 50.1 Å². The van der Waals surface area contributed by atoms with Crippen LogP contribution in [0.25, 0.3) is 0 Å². The molecule has 5 heteroatoms. The van der Waals surface area contributed by atoms with Crippen LogP contribution in [0.15, 0.2) is 51.4 Å². The molecule has 21 heavy (non-hydrogen) atoms. The van der Waals surface area contributed by atoms with Crippen molar-refractivity contribution < 1.29 is 4.79 Å². The standard InChI is InChI=1S/C16H13Br2NOS/c1-10-7-13(5-6-14(10)18)19-15(20)9-21-16(19)11-3-2-4-12(17)8-11/h2-8,16H,9H2,1H3. The largest absolute Gasteiger partial charge is 0.295 e. The molecule has 2 nitrogen and oxygen atoms in total. The zero-order valence-corrected chi connectivity index (χ0v) is 15.3. The van der Waals surface area contributed by atoms with E-state index in [4.69, 9.17) is 0 Å². The third-order valence-electron chi connectivity index (χ3n) is 3.42. The molecule has 1 heterocycles. The van der Waals surface area contributed by atoms with E-state index < -0.39 is 0 Å². The van der Waals surface area contributed by atoms with Crippen molar-refractivity contribution in [3.05, 3.63) is 62.5 Å². The lowest BCUT2D eigenvalue weighted by Crippen LogP contribution is -2.27. The van der Waals surface area contributed by atoms with Gasteiger partial charge in [-0.25, -0.2) is 0 Å². The second-order valence-electron chi connectivity index (χ2n) is 4.92. The molecule has 3 rings (SSSR count). The van der Waals surface area contributed by atoms with Crippen LogP contribution in [0.1, 0.15) is 16.5 Å². The Morgan fingerprint density at radius 3 is 2.71 bits per heavy atom. The Kier molecular flexibility index (Phi) is 4.43. The Hall–Kier alpha value is -0.780. The van der Waals surface area contributed by atoms with Gasteiger partial charge in [-0.2, -0.15) is 0 Å². The van der Waals surface area contributed by atoms with Crippen LogP contribution in [0, 0.1) is 6.92 Å². The highest BCUT2D eigenvalue weighted by Crippen LogP contribution is 2.42. The molecule has 1 unspecified atom stereocenters. The van der Waals surface area contributed by atoms with Crippen molar-refractivity contribution in [3.63, 3.8) is 0 Å². The van der Waals surface area contributed by atoms with E-state index in [0.29, 0.717) is 5.75 Å². The summed E-state index contributed by atoms with van der Waals surface area (Å²) in [4.78, 5) is 14.2. The van der Waals surface area contributed by atoms with Gasteiger partial charge in [0.2, 0.25) is 5.91 Å². The van der Waals surface area contributed by atoms with Crippen LogP contribution in [0.2, 0.25) is 0 Å². The summed E-state index contributed by atoms with van der Waals surface area (Å²) in [7, 11) is 0. The van der Waals surface area contributed by atoms with Gasteiger partial charge in [-0.3, -0.25) is 9.69 Å². The number of amides is 1. The number of halogens is 2. The highest BCUT2D eigenvalue weighted by molar-refractivity contribution is 9.10. The Morgan fingerprint density at radius 2 is 2.00 bits per heavy atom. The molecular formula is C16H13Br2NOS. The van der Waals surface area contributed by atoms with Crippen molar-refractivity contribution in [1.82, 2.24) is 0 Å². The van der Waals surface area contributed by atoms with Gasteiger partial charge in [0.25, 0.3) is 0 Å². The molecule has 1 aliphatic rings. The van der Waals surface area contributed by atoms with Crippen molar-refractivity contribution >= 4 is 55.2 Å². The van der Waals surface area contributed by atoms with Crippen LogP contribution in [0.5, 0.6) is 0 Å². The predicted octanol–water partition coefficient (Wildman–Crippen LogP) is 5.30. The second kappa shape index (κ2) is 6.15. The molecule has 1 amide bonds. The van der Waals surface area contributed by atoms with Crippen molar-refractivity contribution in [2.75, 3.05) is 10.7 Å². The van der Waals surface area contributed by atoms with Gasteiger partial charge in [0.15, 0.2) is 0 Å². The van der Waals surface area contributed by atoms with Gasteiger partial charge in [-0.15, -0.1) is 11.8 Å². The summed E-state index contributed by atoms with van der Waals surface area (Å²) in [6, 6.07) is 14.2. The van der Waals surface area contributed by atoms with Gasteiger partial charge < -0.3 is 0 Å². The number of nitrogens with zero attached hydrogens (tertiary/aromatic N) is 1. The van der Waals surface area contributed by atoms with Crippen LogP contribution in [0.3, 0.4) is 0 Å². The fraction of sp³-hybridized carbons (Fsp3) is 0.188. The molecule has 0 aliphatic carbocycles. The SMILES string of the molecule is Cc1cc(N2C(=O)CSC2c2cccc(Br)c2)ccc1Br. The smallest absolute Gasteiger partial charge is 0.238 e. The monoisotopic (exact) mass is 425 g/mol. The van der Waals surface area contributed by atoms with Crippen molar-refractivity contribution in [3.8, 4) is 0 Å². The summed E-state index contributed by atoms with van der Waals surface area (Å²) in [6.45, 7) is 2.04. The lowest BCUT2D eigenvalue weighted by molar-refractivity contribution is -0.115. The maximum Gasteiger partial charge on any atom is 0.238 e. The lowest BCUT2D eigenvalue weighted by atomic mass is 10.1. The number of hydrogen-bond acceptors (Lipinski definition) is 2. The van der Waals surface area contributed by atoms with E-state index >= 15 is 0 Å². The van der Waals surface area contributed by atoms with Gasteiger partial charge in [0.05, 0.1) is 5.75 Å². The Labute approximate surface area is 145 Å². The maximum absolute atomic E-state index is 12.3. The average Bonchev–Trinajstić information content (AvgIpc) is 2.84. The summed E-state index contributed by atoms with van der Waals surface area (Å²) >= 11 is 8.68. The summed E-state index contributed by atoms with van der Waals surface area (Å²) in [5.74, 6) is 0.679. The average molecular weight is 427 g/mol. The number of carbonyl (C=O) groups is 1. The lowest BCUT2D eigenvalue weighted by Gasteiger charge is -2.25. The first-order valence-corrected chi connectivity index (χ1v) is 9.15. The molecule has 1 saturated heterocycles. The minimum atomic E-state index is 0.0376. The number of benzene rings is 2. The Morgan fingerprint density at radius 1 is 1.19 bits per heavy atom. The topological polar surface area (TPSA) is 20.3 Å². The van der Waals surface area contributed by atoms with Crippen LogP contribution < -0.4 is 4.90 Å². The van der Waals surface area contributed by atoms with Gasteiger partial charge in [-0.05, 0) is 48.4 Å². The van der Waals surface area contributed by atoms with E-state index in [1.54, 1.807) is 11.8 Å². The predicted molar refractivity (Wildman–Crippen MR) is 95.7 cm³/mol. The fourth-order valence-corrected chi connectivity index (χ4v) is 4.22. The minimum Gasteiger partial charge on any atom is -0.295 e. The Balaban J connectivity index is 2.01. The summed E-state index contributed by atoms with van der Waals surface area (Å²) in [5.41, 5.74) is 3.22. The molecule has 0 saturated carbocycles. The molecule has 0 bridgehead atoms. The van der Waals surface area contributed by atoms with Crippen LogP contribution in [-0.2, 0) is 4.79 Å².